The lowest BCUT2D eigenvalue weighted by Crippen LogP contribution is -2.31. The number of hydrogen-bond donors (Lipinski definition) is 1. The van der Waals surface area contributed by atoms with Gasteiger partial charge >= 0.3 is 0 Å². The van der Waals surface area contributed by atoms with Crippen molar-refractivity contribution in [2.45, 2.75) is 36.0 Å². The van der Waals surface area contributed by atoms with Gasteiger partial charge in [0.05, 0.1) is 0 Å². The fourth-order valence-electron chi connectivity index (χ4n) is 2.03. The Balaban J connectivity index is 1.81. The van der Waals surface area contributed by atoms with E-state index in [1.54, 1.807) is 0 Å². The summed E-state index contributed by atoms with van der Waals surface area (Å²) in [5.41, 5.74) is 1.51. The molecule has 1 N–H and O–H groups in total. The van der Waals surface area contributed by atoms with Crippen molar-refractivity contribution >= 4 is 11.8 Å². The Hall–Kier alpha value is -0.730. The Kier molecular flexibility index (Phi) is 4.08. The zero-order valence-corrected chi connectivity index (χ0v) is 10.6. The molecule has 1 aromatic carbocycles. The summed E-state index contributed by atoms with van der Waals surface area (Å²) in [6, 6.07) is 9.28. The molecule has 0 bridgehead atoms. The molecular formula is C14H19NS. The Labute approximate surface area is 102 Å². The fraction of sp³-hybridized carbons (Fsp3) is 0.429. The molecule has 0 aliphatic carbocycles. The summed E-state index contributed by atoms with van der Waals surface area (Å²) in [4.78, 5) is 1.46. The van der Waals surface area contributed by atoms with E-state index in [1.807, 2.05) is 17.8 Å². The predicted octanol–water partition coefficient (Wildman–Crippen LogP) is 3.26. The first-order valence-corrected chi connectivity index (χ1v) is 6.76. The van der Waals surface area contributed by atoms with Gasteiger partial charge in [-0.2, -0.15) is 0 Å². The zero-order valence-electron chi connectivity index (χ0n) is 9.78. The first-order valence-electron chi connectivity index (χ1n) is 5.88. The molecule has 2 unspecified atom stereocenters. The molecular weight excluding hydrogens is 214 g/mol. The third-order valence-electron chi connectivity index (χ3n) is 2.93. The highest BCUT2D eigenvalue weighted by molar-refractivity contribution is 8.00. The Morgan fingerprint density at radius 1 is 1.56 bits per heavy atom. The van der Waals surface area contributed by atoms with Crippen molar-refractivity contribution in [1.82, 2.24) is 5.32 Å². The summed E-state index contributed by atoms with van der Waals surface area (Å²) in [7, 11) is 0. The number of fused-ring (bicyclic) bond motifs is 1. The van der Waals surface area contributed by atoms with Gasteiger partial charge in [-0.05, 0) is 31.4 Å². The molecule has 1 nitrogen and oxygen atoms in total. The van der Waals surface area contributed by atoms with Crippen LogP contribution in [0.25, 0.3) is 0 Å². The number of rotatable bonds is 5. The van der Waals surface area contributed by atoms with E-state index in [4.69, 9.17) is 0 Å². The van der Waals surface area contributed by atoms with Crippen molar-refractivity contribution < 1.29 is 0 Å². The van der Waals surface area contributed by atoms with Crippen molar-refractivity contribution in [3.8, 4) is 0 Å². The highest BCUT2D eigenvalue weighted by Gasteiger charge is 2.21. The first-order chi connectivity index (χ1) is 7.79. The van der Waals surface area contributed by atoms with Gasteiger partial charge < -0.3 is 5.32 Å². The van der Waals surface area contributed by atoms with Crippen molar-refractivity contribution in [3.63, 3.8) is 0 Å². The second-order valence-corrected chi connectivity index (χ2v) is 5.73. The summed E-state index contributed by atoms with van der Waals surface area (Å²) >= 11 is 2.01. The van der Waals surface area contributed by atoms with E-state index in [9.17, 15) is 0 Å². The van der Waals surface area contributed by atoms with Crippen LogP contribution in [0, 0.1) is 0 Å². The van der Waals surface area contributed by atoms with Crippen LogP contribution in [-0.2, 0) is 6.42 Å². The second kappa shape index (κ2) is 5.55. The molecule has 0 saturated heterocycles. The predicted molar refractivity (Wildman–Crippen MR) is 72.1 cm³/mol. The molecule has 2 heteroatoms. The minimum atomic E-state index is 0.543. The SMILES string of the molecule is C=CCC(C)NCC1Cc2ccccc2S1. The number of benzene rings is 1. The lowest BCUT2D eigenvalue weighted by Gasteiger charge is -2.15. The third kappa shape index (κ3) is 2.89. The molecule has 0 aromatic heterocycles. The Bertz CT molecular complexity index is 337. The summed E-state index contributed by atoms with van der Waals surface area (Å²) in [5, 5.41) is 4.27. The quantitative estimate of drug-likeness (QED) is 0.783. The molecule has 2 rings (SSSR count). The smallest absolute Gasteiger partial charge is 0.0260 e. The summed E-state index contributed by atoms with van der Waals surface area (Å²) in [6.07, 6.45) is 4.23. The average Bonchev–Trinajstić information content (AvgIpc) is 2.69. The normalized spacial score (nSPS) is 20.4. The first kappa shape index (κ1) is 11.7. The van der Waals surface area contributed by atoms with Gasteiger partial charge in [-0.25, -0.2) is 0 Å². The van der Waals surface area contributed by atoms with Gasteiger partial charge in [0.1, 0.15) is 0 Å². The molecule has 0 fully saturated rings. The molecule has 1 aliphatic rings. The van der Waals surface area contributed by atoms with Crippen molar-refractivity contribution in [2.75, 3.05) is 6.54 Å². The molecule has 0 spiro atoms. The number of hydrogen-bond acceptors (Lipinski definition) is 2. The molecule has 86 valence electrons. The average molecular weight is 233 g/mol. The van der Waals surface area contributed by atoms with Gasteiger partial charge in [-0.1, -0.05) is 24.3 Å². The largest absolute Gasteiger partial charge is 0.313 e. The van der Waals surface area contributed by atoms with Gasteiger partial charge in [-0.15, -0.1) is 18.3 Å². The van der Waals surface area contributed by atoms with Gasteiger partial charge in [0.2, 0.25) is 0 Å². The minimum absolute atomic E-state index is 0.543. The third-order valence-corrected chi connectivity index (χ3v) is 4.25. The number of thioether (sulfide) groups is 1. The molecule has 0 saturated carbocycles. The zero-order chi connectivity index (χ0) is 11.4. The molecule has 1 heterocycles. The van der Waals surface area contributed by atoms with Crippen LogP contribution >= 0.6 is 11.8 Å². The highest BCUT2D eigenvalue weighted by Crippen LogP contribution is 2.36. The molecule has 1 aromatic rings. The topological polar surface area (TPSA) is 12.0 Å². The van der Waals surface area contributed by atoms with Gasteiger partial charge in [-0.3, -0.25) is 0 Å². The summed E-state index contributed by atoms with van der Waals surface area (Å²) in [6.45, 7) is 7.08. The second-order valence-electron chi connectivity index (χ2n) is 4.39. The van der Waals surface area contributed by atoms with Crippen LogP contribution in [0.4, 0.5) is 0 Å². The van der Waals surface area contributed by atoms with Crippen LogP contribution in [0.15, 0.2) is 41.8 Å². The molecule has 2 atom stereocenters. The van der Waals surface area contributed by atoms with E-state index in [2.05, 4.69) is 43.1 Å². The van der Waals surface area contributed by atoms with E-state index in [0.29, 0.717) is 11.3 Å². The molecule has 0 radical (unpaired) electrons. The van der Waals surface area contributed by atoms with Gasteiger partial charge in [0, 0.05) is 22.7 Å². The van der Waals surface area contributed by atoms with E-state index in [0.717, 1.165) is 13.0 Å². The molecule has 16 heavy (non-hydrogen) atoms. The monoisotopic (exact) mass is 233 g/mol. The summed E-state index contributed by atoms with van der Waals surface area (Å²) in [5.74, 6) is 0. The van der Waals surface area contributed by atoms with E-state index in [-0.39, 0.29) is 0 Å². The van der Waals surface area contributed by atoms with Crippen LogP contribution in [0.1, 0.15) is 18.9 Å². The lowest BCUT2D eigenvalue weighted by atomic mass is 10.1. The maximum Gasteiger partial charge on any atom is 0.0260 e. The Morgan fingerprint density at radius 3 is 3.12 bits per heavy atom. The standard InChI is InChI=1S/C14H19NS/c1-3-6-11(2)15-10-13-9-12-7-4-5-8-14(12)16-13/h3-5,7-8,11,13,15H,1,6,9-10H2,2H3. The van der Waals surface area contributed by atoms with Crippen LogP contribution in [-0.4, -0.2) is 17.8 Å². The van der Waals surface area contributed by atoms with Crippen LogP contribution in [0.5, 0.6) is 0 Å². The minimum Gasteiger partial charge on any atom is -0.313 e. The Morgan fingerprint density at radius 2 is 2.38 bits per heavy atom. The van der Waals surface area contributed by atoms with Crippen molar-refractivity contribution in [2.24, 2.45) is 0 Å². The summed E-state index contributed by atoms with van der Waals surface area (Å²) < 4.78 is 0. The van der Waals surface area contributed by atoms with Crippen LogP contribution < -0.4 is 5.32 Å². The van der Waals surface area contributed by atoms with Crippen molar-refractivity contribution in [1.29, 1.82) is 0 Å². The molecule has 0 amide bonds. The lowest BCUT2D eigenvalue weighted by molar-refractivity contribution is 0.548. The number of nitrogens with one attached hydrogen (secondary N) is 1. The molecule has 1 aliphatic heterocycles. The van der Waals surface area contributed by atoms with Gasteiger partial charge in [0.15, 0.2) is 0 Å². The highest BCUT2D eigenvalue weighted by atomic mass is 32.2. The maximum atomic E-state index is 3.77. The van der Waals surface area contributed by atoms with E-state index >= 15 is 0 Å². The van der Waals surface area contributed by atoms with E-state index in [1.165, 1.54) is 16.9 Å². The van der Waals surface area contributed by atoms with Crippen molar-refractivity contribution in [3.05, 3.63) is 42.5 Å². The van der Waals surface area contributed by atoms with Crippen LogP contribution in [0.3, 0.4) is 0 Å². The van der Waals surface area contributed by atoms with E-state index < -0.39 is 0 Å². The van der Waals surface area contributed by atoms with Gasteiger partial charge in [0.25, 0.3) is 0 Å². The fourth-order valence-corrected chi connectivity index (χ4v) is 3.30. The van der Waals surface area contributed by atoms with Crippen LogP contribution in [0.2, 0.25) is 0 Å². The maximum absolute atomic E-state index is 3.77.